The lowest BCUT2D eigenvalue weighted by Crippen LogP contribution is -2.27. The molecule has 0 saturated carbocycles. The van der Waals surface area contributed by atoms with E-state index < -0.39 is 0 Å². The van der Waals surface area contributed by atoms with Gasteiger partial charge in [0.15, 0.2) is 0 Å². The molecule has 5 heteroatoms. The fraction of sp³-hybridized carbons (Fsp3) is 0.125. The summed E-state index contributed by atoms with van der Waals surface area (Å²) in [6.45, 7) is 1.95. The van der Waals surface area contributed by atoms with Gasteiger partial charge in [0.05, 0.1) is 6.04 Å². The quantitative estimate of drug-likeness (QED) is 0.726. The van der Waals surface area contributed by atoms with E-state index in [1.807, 2.05) is 48.0 Å². The third-order valence-electron chi connectivity index (χ3n) is 3.32. The van der Waals surface area contributed by atoms with Gasteiger partial charge in [0, 0.05) is 5.39 Å². The molecule has 1 N–H and O–H groups in total. The maximum atomic E-state index is 12.3. The molecule has 0 fully saturated rings. The van der Waals surface area contributed by atoms with Gasteiger partial charge in [0.25, 0.3) is 5.91 Å². The summed E-state index contributed by atoms with van der Waals surface area (Å²) in [7, 11) is 0. The molecule has 2 heterocycles. The number of carbonyl (C=O) groups is 1. The Morgan fingerprint density at radius 1 is 1.33 bits per heavy atom. The Hall–Kier alpha value is -1.91. The average molecular weight is 317 g/mol. The number of halogens is 1. The molecular weight excluding hydrogens is 304 g/mol. The average Bonchev–Trinajstić information content (AvgIpc) is 3.01. The molecule has 1 atom stereocenters. The molecule has 0 radical (unpaired) electrons. The Kier molecular flexibility index (Phi) is 3.90. The van der Waals surface area contributed by atoms with Gasteiger partial charge >= 0.3 is 0 Å². The number of hydrogen-bond acceptors (Lipinski definition) is 3. The number of nitrogens with zero attached hydrogens (tertiary/aromatic N) is 1. The Bertz CT molecular complexity index is 786. The first-order chi connectivity index (χ1) is 10.1. The molecule has 3 rings (SSSR count). The summed E-state index contributed by atoms with van der Waals surface area (Å²) in [5.74, 6) is -0.221. The van der Waals surface area contributed by atoms with E-state index in [2.05, 4.69) is 10.3 Å². The minimum Gasteiger partial charge on any atom is -0.344 e. The van der Waals surface area contributed by atoms with Crippen molar-refractivity contribution in [2.75, 3.05) is 0 Å². The van der Waals surface area contributed by atoms with E-state index in [1.54, 1.807) is 17.4 Å². The predicted molar refractivity (Wildman–Crippen MR) is 87.0 cm³/mol. The van der Waals surface area contributed by atoms with Crippen LogP contribution < -0.4 is 5.32 Å². The van der Waals surface area contributed by atoms with Gasteiger partial charge in [-0.15, -0.1) is 0 Å². The number of aromatic nitrogens is 1. The lowest BCUT2D eigenvalue weighted by atomic mass is 10.1. The third-order valence-corrected chi connectivity index (χ3v) is 4.31. The first-order valence-corrected chi connectivity index (χ1v) is 7.85. The molecule has 106 valence electrons. The van der Waals surface area contributed by atoms with E-state index in [4.69, 9.17) is 11.6 Å². The number of hydrogen-bond donors (Lipinski definition) is 1. The van der Waals surface area contributed by atoms with Gasteiger partial charge in [0.1, 0.15) is 10.8 Å². The second-order valence-electron chi connectivity index (χ2n) is 4.77. The number of benzene rings is 1. The van der Waals surface area contributed by atoms with Crippen LogP contribution in [0.2, 0.25) is 5.15 Å². The summed E-state index contributed by atoms with van der Waals surface area (Å²) in [5.41, 5.74) is 1.42. The lowest BCUT2D eigenvalue weighted by molar-refractivity contribution is 0.0935. The molecule has 0 aliphatic carbocycles. The van der Waals surface area contributed by atoms with Gasteiger partial charge in [-0.1, -0.05) is 35.9 Å². The fourth-order valence-corrected chi connectivity index (χ4v) is 3.17. The van der Waals surface area contributed by atoms with Crippen LogP contribution in [0.25, 0.3) is 10.8 Å². The SMILES string of the molecule is CC(NC(=O)c1cc2ccccc2c(Cl)n1)c1ccsc1. The summed E-state index contributed by atoms with van der Waals surface area (Å²) in [6.07, 6.45) is 0. The number of fused-ring (bicyclic) bond motifs is 1. The second-order valence-corrected chi connectivity index (χ2v) is 5.91. The Morgan fingerprint density at radius 2 is 2.14 bits per heavy atom. The van der Waals surface area contributed by atoms with E-state index in [0.717, 1.165) is 16.3 Å². The Labute approximate surface area is 131 Å². The zero-order valence-electron chi connectivity index (χ0n) is 11.3. The molecule has 2 aromatic heterocycles. The van der Waals surface area contributed by atoms with Crippen LogP contribution >= 0.6 is 22.9 Å². The van der Waals surface area contributed by atoms with Crippen molar-refractivity contribution < 1.29 is 4.79 Å². The first-order valence-electron chi connectivity index (χ1n) is 6.53. The van der Waals surface area contributed by atoms with Gasteiger partial charge in [-0.3, -0.25) is 4.79 Å². The fourth-order valence-electron chi connectivity index (χ4n) is 2.15. The monoisotopic (exact) mass is 316 g/mol. The van der Waals surface area contributed by atoms with Crippen molar-refractivity contribution in [3.8, 4) is 0 Å². The molecule has 0 saturated heterocycles. The van der Waals surface area contributed by atoms with Gasteiger partial charge < -0.3 is 5.32 Å². The standard InChI is InChI=1S/C16H13ClN2OS/c1-10(12-6-7-21-9-12)18-16(20)14-8-11-4-2-3-5-13(11)15(17)19-14/h2-10H,1H3,(H,18,20). The predicted octanol–water partition coefficient (Wildman–Crippen LogP) is 4.44. The summed E-state index contributed by atoms with van der Waals surface area (Å²) in [5, 5.41) is 9.05. The number of thiophene rings is 1. The lowest BCUT2D eigenvalue weighted by Gasteiger charge is -2.12. The number of amides is 1. The normalized spacial score (nSPS) is 12.3. The number of pyridine rings is 1. The van der Waals surface area contributed by atoms with Crippen molar-refractivity contribution in [1.29, 1.82) is 0 Å². The van der Waals surface area contributed by atoms with E-state index in [9.17, 15) is 4.79 Å². The molecule has 1 aromatic carbocycles. The summed E-state index contributed by atoms with van der Waals surface area (Å²) < 4.78 is 0. The minimum atomic E-state index is -0.221. The van der Waals surface area contributed by atoms with Crippen LogP contribution in [0.15, 0.2) is 47.2 Å². The van der Waals surface area contributed by atoms with Crippen LogP contribution in [-0.2, 0) is 0 Å². The molecule has 0 spiro atoms. The highest BCUT2D eigenvalue weighted by atomic mass is 35.5. The highest BCUT2D eigenvalue weighted by molar-refractivity contribution is 7.07. The van der Waals surface area contributed by atoms with Gasteiger partial charge in [-0.25, -0.2) is 4.98 Å². The van der Waals surface area contributed by atoms with Crippen LogP contribution in [0, 0.1) is 0 Å². The van der Waals surface area contributed by atoms with Crippen LogP contribution in [-0.4, -0.2) is 10.9 Å². The molecule has 3 nitrogen and oxygen atoms in total. The van der Waals surface area contributed by atoms with Gasteiger partial charge in [-0.05, 0) is 40.8 Å². The first kappa shape index (κ1) is 14.0. The van der Waals surface area contributed by atoms with Crippen molar-refractivity contribution in [2.45, 2.75) is 13.0 Å². The summed E-state index contributed by atoms with van der Waals surface area (Å²) >= 11 is 7.76. The van der Waals surface area contributed by atoms with E-state index in [1.165, 1.54) is 0 Å². The maximum absolute atomic E-state index is 12.3. The molecule has 1 unspecified atom stereocenters. The highest BCUT2D eigenvalue weighted by Gasteiger charge is 2.14. The van der Waals surface area contributed by atoms with Crippen molar-refractivity contribution >= 4 is 39.6 Å². The maximum Gasteiger partial charge on any atom is 0.270 e. The van der Waals surface area contributed by atoms with Gasteiger partial charge in [-0.2, -0.15) is 11.3 Å². The molecule has 0 aliphatic heterocycles. The van der Waals surface area contributed by atoms with Crippen LogP contribution in [0.1, 0.15) is 29.0 Å². The van der Waals surface area contributed by atoms with E-state index >= 15 is 0 Å². The van der Waals surface area contributed by atoms with Crippen molar-refractivity contribution in [1.82, 2.24) is 10.3 Å². The topological polar surface area (TPSA) is 42.0 Å². The summed E-state index contributed by atoms with van der Waals surface area (Å²) in [6, 6.07) is 11.3. The van der Waals surface area contributed by atoms with Crippen molar-refractivity contribution in [3.05, 3.63) is 63.6 Å². The van der Waals surface area contributed by atoms with Gasteiger partial charge in [0.2, 0.25) is 0 Å². The molecule has 1 amide bonds. The van der Waals surface area contributed by atoms with E-state index in [0.29, 0.717) is 10.8 Å². The molecular formula is C16H13ClN2OS. The highest BCUT2D eigenvalue weighted by Crippen LogP contribution is 2.23. The number of rotatable bonds is 3. The Morgan fingerprint density at radius 3 is 2.90 bits per heavy atom. The van der Waals surface area contributed by atoms with Crippen molar-refractivity contribution in [3.63, 3.8) is 0 Å². The van der Waals surface area contributed by atoms with Crippen LogP contribution in [0.5, 0.6) is 0 Å². The van der Waals surface area contributed by atoms with E-state index in [-0.39, 0.29) is 11.9 Å². The largest absolute Gasteiger partial charge is 0.344 e. The second kappa shape index (κ2) is 5.84. The summed E-state index contributed by atoms with van der Waals surface area (Å²) in [4.78, 5) is 16.5. The smallest absolute Gasteiger partial charge is 0.270 e. The Balaban J connectivity index is 1.88. The zero-order chi connectivity index (χ0) is 14.8. The zero-order valence-corrected chi connectivity index (χ0v) is 12.9. The molecule has 0 aliphatic rings. The molecule has 21 heavy (non-hydrogen) atoms. The molecule has 0 bridgehead atoms. The molecule has 3 aromatic rings. The number of carbonyl (C=O) groups excluding carboxylic acids is 1. The van der Waals surface area contributed by atoms with Crippen LogP contribution in [0.3, 0.4) is 0 Å². The minimum absolute atomic E-state index is 0.0594. The third kappa shape index (κ3) is 2.91. The van der Waals surface area contributed by atoms with Crippen molar-refractivity contribution in [2.24, 2.45) is 0 Å². The number of nitrogens with one attached hydrogen (secondary N) is 1. The van der Waals surface area contributed by atoms with Crippen LogP contribution in [0.4, 0.5) is 0 Å².